The Morgan fingerprint density at radius 3 is 2.70 bits per heavy atom. The molecule has 0 aromatic heterocycles. The largest absolute Gasteiger partial charge is 0.495 e. The normalized spacial score (nSPS) is 11.6. The number of carbonyl (C=O) groups is 2. The monoisotopic (exact) mass is 346 g/mol. The van der Waals surface area contributed by atoms with Crippen LogP contribution in [0.3, 0.4) is 0 Å². The van der Waals surface area contributed by atoms with Crippen molar-refractivity contribution in [3.8, 4) is 5.75 Å². The number of benzene rings is 1. The minimum Gasteiger partial charge on any atom is -0.495 e. The molecule has 8 heteroatoms. The Kier molecular flexibility index (Phi) is 6.26. The van der Waals surface area contributed by atoms with Crippen molar-refractivity contribution in [3.63, 3.8) is 0 Å². The zero-order valence-electron chi connectivity index (χ0n) is 10.7. The fourth-order valence-electron chi connectivity index (χ4n) is 1.45. The molecule has 20 heavy (non-hydrogen) atoms. The Hall–Kier alpha value is -1.80. The number of rotatable bonds is 6. The third kappa shape index (κ3) is 4.71. The van der Waals surface area contributed by atoms with E-state index in [1.165, 1.54) is 7.11 Å². The standard InChI is InChI=1S/C12H15BrN2O5/c1-20-10-6-7(2-3-8(10)13)14-12(19)15-9(4-5-16)11(17)18/h2-3,6,9,16H,4-5H2,1H3,(H,17,18)(H2,14,15,19)/t9-/m1/s1. The quantitative estimate of drug-likeness (QED) is 0.622. The van der Waals surface area contributed by atoms with Crippen LogP contribution in [0, 0.1) is 0 Å². The van der Waals surface area contributed by atoms with Crippen molar-refractivity contribution in [1.29, 1.82) is 0 Å². The number of ether oxygens (including phenoxy) is 1. The number of anilines is 1. The van der Waals surface area contributed by atoms with Gasteiger partial charge < -0.3 is 25.6 Å². The Morgan fingerprint density at radius 1 is 1.45 bits per heavy atom. The van der Waals surface area contributed by atoms with Crippen LogP contribution >= 0.6 is 15.9 Å². The van der Waals surface area contributed by atoms with E-state index in [0.717, 1.165) is 4.47 Å². The van der Waals surface area contributed by atoms with E-state index in [1.54, 1.807) is 18.2 Å². The number of nitrogens with one attached hydrogen (secondary N) is 2. The Bertz CT molecular complexity index is 495. The molecule has 2 amide bonds. The second kappa shape index (κ2) is 7.71. The topological polar surface area (TPSA) is 108 Å². The van der Waals surface area contributed by atoms with Gasteiger partial charge >= 0.3 is 12.0 Å². The predicted molar refractivity (Wildman–Crippen MR) is 76.0 cm³/mol. The maximum absolute atomic E-state index is 11.7. The Labute approximate surface area is 124 Å². The number of carbonyl (C=O) groups excluding carboxylic acids is 1. The Balaban J connectivity index is 2.68. The molecule has 0 spiro atoms. The summed E-state index contributed by atoms with van der Waals surface area (Å²) in [4.78, 5) is 22.5. The summed E-state index contributed by atoms with van der Waals surface area (Å²) >= 11 is 3.28. The predicted octanol–water partition coefficient (Wildman–Crippen LogP) is 1.41. The number of carboxylic acids is 1. The van der Waals surface area contributed by atoms with Crippen molar-refractivity contribution in [2.75, 3.05) is 19.0 Å². The van der Waals surface area contributed by atoms with E-state index < -0.39 is 18.0 Å². The lowest BCUT2D eigenvalue weighted by Crippen LogP contribution is -2.43. The molecule has 0 bridgehead atoms. The second-order valence-electron chi connectivity index (χ2n) is 3.85. The summed E-state index contributed by atoms with van der Waals surface area (Å²) in [5.41, 5.74) is 0.454. The lowest BCUT2D eigenvalue weighted by molar-refractivity contribution is -0.139. The van der Waals surface area contributed by atoms with Gasteiger partial charge in [-0.2, -0.15) is 0 Å². The summed E-state index contributed by atoms with van der Waals surface area (Å²) in [5, 5.41) is 22.3. The van der Waals surface area contributed by atoms with Crippen LogP contribution in [0.5, 0.6) is 5.75 Å². The van der Waals surface area contributed by atoms with Crippen molar-refractivity contribution in [2.24, 2.45) is 0 Å². The maximum Gasteiger partial charge on any atom is 0.326 e. The van der Waals surface area contributed by atoms with Gasteiger partial charge in [-0.3, -0.25) is 0 Å². The number of aliphatic hydroxyl groups is 1. The van der Waals surface area contributed by atoms with Gasteiger partial charge in [-0.05, 0) is 28.1 Å². The van der Waals surface area contributed by atoms with E-state index >= 15 is 0 Å². The average molecular weight is 347 g/mol. The SMILES string of the molecule is COc1cc(NC(=O)N[C@H](CCO)C(=O)O)ccc1Br. The van der Waals surface area contributed by atoms with Gasteiger partial charge in [0, 0.05) is 24.8 Å². The van der Waals surface area contributed by atoms with Gasteiger partial charge in [0.25, 0.3) is 0 Å². The van der Waals surface area contributed by atoms with Gasteiger partial charge in [0.2, 0.25) is 0 Å². The second-order valence-corrected chi connectivity index (χ2v) is 4.71. The molecule has 0 unspecified atom stereocenters. The minimum absolute atomic E-state index is 0.0631. The zero-order chi connectivity index (χ0) is 15.1. The molecule has 0 saturated carbocycles. The highest BCUT2D eigenvalue weighted by Crippen LogP contribution is 2.27. The number of aliphatic carboxylic acids is 1. The molecule has 110 valence electrons. The first-order chi connectivity index (χ1) is 9.47. The van der Waals surface area contributed by atoms with Gasteiger partial charge in [0.05, 0.1) is 11.6 Å². The zero-order valence-corrected chi connectivity index (χ0v) is 12.3. The number of halogens is 1. The van der Waals surface area contributed by atoms with Crippen LogP contribution < -0.4 is 15.4 Å². The average Bonchev–Trinajstić information content (AvgIpc) is 2.40. The van der Waals surface area contributed by atoms with E-state index in [4.69, 9.17) is 14.9 Å². The van der Waals surface area contributed by atoms with Gasteiger partial charge in [-0.1, -0.05) is 0 Å². The number of carboxylic acid groups (broad SMARTS) is 1. The highest BCUT2D eigenvalue weighted by Gasteiger charge is 2.19. The van der Waals surface area contributed by atoms with Crippen molar-refractivity contribution < 1.29 is 24.5 Å². The molecule has 7 nitrogen and oxygen atoms in total. The molecule has 0 aliphatic heterocycles. The number of methoxy groups -OCH3 is 1. The third-order valence-electron chi connectivity index (χ3n) is 2.43. The summed E-state index contributed by atoms with van der Waals surface area (Å²) < 4.78 is 5.81. The highest BCUT2D eigenvalue weighted by molar-refractivity contribution is 9.10. The van der Waals surface area contributed by atoms with Crippen LogP contribution in [0.15, 0.2) is 22.7 Å². The van der Waals surface area contributed by atoms with E-state index in [9.17, 15) is 9.59 Å². The van der Waals surface area contributed by atoms with Crippen molar-refractivity contribution in [1.82, 2.24) is 5.32 Å². The minimum atomic E-state index is -1.21. The molecule has 1 aromatic rings. The van der Waals surface area contributed by atoms with Gasteiger partial charge in [0.1, 0.15) is 11.8 Å². The first-order valence-corrected chi connectivity index (χ1v) is 6.52. The molecule has 0 aliphatic carbocycles. The molecule has 0 saturated heterocycles. The molecule has 4 N–H and O–H groups in total. The summed E-state index contributed by atoms with van der Waals surface area (Å²) in [6.45, 7) is -0.330. The summed E-state index contributed by atoms with van der Waals surface area (Å²) in [5.74, 6) is -0.671. The number of aliphatic hydroxyl groups excluding tert-OH is 1. The Morgan fingerprint density at radius 2 is 2.15 bits per heavy atom. The van der Waals surface area contributed by atoms with E-state index in [-0.39, 0.29) is 13.0 Å². The molecular formula is C12H15BrN2O5. The van der Waals surface area contributed by atoms with Crippen LogP contribution in [0.1, 0.15) is 6.42 Å². The summed E-state index contributed by atoms with van der Waals surface area (Å²) in [6.07, 6.45) is -0.0631. The van der Waals surface area contributed by atoms with Gasteiger partial charge in [-0.25, -0.2) is 9.59 Å². The maximum atomic E-state index is 11.7. The first kappa shape index (κ1) is 16.3. The van der Waals surface area contributed by atoms with Crippen LogP contribution in [-0.4, -0.2) is 42.0 Å². The van der Waals surface area contributed by atoms with Crippen LogP contribution in [-0.2, 0) is 4.79 Å². The number of amides is 2. The first-order valence-electron chi connectivity index (χ1n) is 5.72. The molecule has 0 aliphatic rings. The number of hydrogen-bond donors (Lipinski definition) is 4. The summed E-state index contributed by atoms with van der Waals surface area (Å²) in [6, 6.07) is 3.10. The van der Waals surface area contributed by atoms with Crippen molar-refractivity contribution >= 4 is 33.6 Å². The summed E-state index contributed by atoms with van der Waals surface area (Å²) in [7, 11) is 1.49. The van der Waals surface area contributed by atoms with Crippen molar-refractivity contribution in [3.05, 3.63) is 22.7 Å². The fourth-order valence-corrected chi connectivity index (χ4v) is 1.86. The number of hydrogen-bond acceptors (Lipinski definition) is 4. The molecule has 1 rings (SSSR count). The lowest BCUT2D eigenvalue weighted by Gasteiger charge is -2.14. The third-order valence-corrected chi connectivity index (χ3v) is 3.09. The number of urea groups is 1. The molecule has 1 aromatic carbocycles. The molecule has 0 radical (unpaired) electrons. The highest BCUT2D eigenvalue weighted by atomic mass is 79.9. The van der Waals surface area contributed by atoms with Crippen molar-refractivity contribution in [2.45, 2.75) is 12.5 Å². The molecule has 0 fully saturated rings. The fraction of sp³-hybridized carbons (Fsp3) is 0.333. The van der Waals surface area contributed by atoms with E-state index in [2.05, 4.69) is 26.6 Å². The lowest BCUT2D eigenvalue weighted by atomic mass is 10.2. The smallest absolute Gasteiger partial charge is 0.326 e. The molecule has 0 heterocycles. The van der Waals surface area contributed by atoms with E-state index in [0.29, 0.717) is 11.4 Å². The van der Waals surface area contributed by atoms with Crippen LogP contribution in [0.4, 0.5) is 10.5 Å². The van der Waals surface area contributed by atoms with Crippen LogP contribution in [0.25, 0.3) is 0 Å². The van der Waals surface area contributed by atoms with E-state index in [1.807, 2.05) is 0 Å². The van der Waals surface area contributed by atoms with Crippen LogP contribution in [0.2, 0.25) is 0 Å². The van der Waals surface area contributed by atoms with Gasteiger partial charge in [-0.15, -0.1) is 0 Å². The molecule has 1 atom stereocenters. The van der Waals surface area contributed by atoms with Gasteiger partial charge in [0.15, 0.2) is 0 Å². The molecular weight excluding hydrogens is 332 g/mol.